The minimum atomic E-state index is -3.43. The molecule has 1 aromatic heterocycles. The summed E-state index contributed by atoms with van der Waals surface area (Å²) < 4.78 is 26.5. The Labute approximate surface area is 133 Å². The van der Waals surface area contributed by atoms with Crippen LogP contribution in [-0.2, 0) is 22.9 Å². The first-order chi connectivity index (χ1) is 11.0. The molecule has 3 rings (SSSR count). The molecule has 0 bridgehead atoms. The second kappa shape index (κ2) is 5.96. The lowest BCUT2D eigenvalue weighted by Gasteiger charge is -2.19. The lowest BCUT2D eigenvalue weighted by Crippen LogP contribution is -2.32. The molecule has 0 saturated heterocycles. The lowest BCUT2D eigenvalue weighted by atomic mass is 10.1. The molecule has 0 spiro atoms. The van der Waals surface area contributed by atoms with Gasteiger partial charge in [-0.05, 0) is 30.0 Å². The molecule has 2 heterocycles. The third-order valence-corrected chi connectivity index (χ3v) is 5.63. The Kier molecular flexibility index (Phi) is 3.99. The number of fused-ring (bicyclic) bond motifs is 1. The third kappa shape index (κ3) is 3.16. The van der Waals surface area contributed by atoms with Crippen LogP contribution >= 0.6 is 0 Å². The molecule has 0 aliphatic carbocycles. The number of nitro benzene ring substituents is 1. The number of nitrogens with zero attached hydrogens (tertiary/aromatic N) is 3. The first-order valence-corrected chi connectivity index (χ1v) is 8.75. The van der Waals surface area contributed by atoms with Crippen molar-refractivity contribution in [3.8, 4) is 0 Å². The van der Waals surface area contributed by atoms with Crippen molar-refractivity contribution in [2.45, 2.75) is 12.8 Å². The van der Waals surface area contributed by atoms with Crippen molar-refractivity contribution in [2.24, 2.45) is 0 Å². The fraction of sp³-hybridized carbons (Fsp3) is 0.267. The molecule has 0 N–H and O–H groups in total. The highest BCUT2D eigenvalue weighted by molar-refractivity contribution is 7.92. The van der Waals surface area contributed by atoms with Gasteiger partial charge in [-0.3, -0.25) is 19.4 Å². The standard InChI is InChI=1S/C15H15N3O4S/c19-18(20)14-3-1-12(2-4-14)7-10-23(21,22)17-9-6-13-11-16-8-5-15(13)17/h1-5,8,11H,6-7,9-10H2. The van der Waals surface area contributed by atoms with E-state index in [0.29, 0.717) is 25.1 Å². The summed E-state index contributed by atoms with van der Waals surface area (Å²) in [7, 11) is -3.43. The van der Waals surface area contributed by atoms with Crippen LogP contribution < -0.4 is 4.31 Å². The molecule has 8 heteroatoms. The van der Waals surface area contributed by atoms with Crippen LogP contribution in [0.4, 0.5) is 11.4 Å². The van der Waals surface area contributed by atoms with Crippen LogP contribution in [0.1, 0.15) is 11.1 Å². The van der Waals surface area contributed by atoms with Crippen molar-refractivity contribution < 1.29 is 13.3 Å². The monoisotopic (exact) mass is 333 g/mol. The molecular formula is C15H15N3O4S. The summed E-state index contributed by atoms with van der Waals surface area (Å²) in [5, 5.41) is 10.6. The van der Waals surface area contributed by atoms with Crippen LogP contribution in [0.25, 0.3) is 0 Å². The number of nitro groups is 1. The van der Waals surface area contributed by atoms with Gasteiger partial charge in [0.15, 0.2) is 0 Å². The van der Waals surface area contributed by atoms with Crippen molar-refractivity contribution in [1.82, 2.24) is 4.98 Å². The summed E-state index contributed by atoms with van der Waals surface area (Å²) >= 11 is 0. The number of pyridine rings is 1. The van der Waals surface area contributed by atoms with E-state index in [1.54, 1.807) is 30.6 Å². The molecule has 0 radical (unpaired) electrons. The smallest absolute Gasteiger partial charge is 0.269 e. The van der Waals surface area contributed by atoms with Crippen LogP contribution in [0, 0.1) is 10.1 Å². The predicted octanol–water partition coefficient (Wildman–Crippen LogP) is 1.92. The van der Waals surface area contributed by atoms with Gasteiger partial charge in [-0.15, -0.1) is 0 Å². The number of non-ortho nitro benzene ring substituents is 1. The van der Waals surface area contributed by atoms with E-state index in [4.69, 9.17) is 0 Å². The van der Waals surface area contributed by atoms with Gasteiger partial charge in [0.1, 0.15) is 0 Å². The molecule has 0 atom stereocenters. The van der Waals surface area contributed by atoms with Crippen molar-refractivity contribution in [2.75, 3.05) is 16.6 Å². The Balaban J connectivity index is 1.71. The van der Waals surface area contributed by atoms with Crippen LogP contribution in [0.5, 0.6) is 0 Å². The molecule has 0 saturated carbocycles. The first kappa shape index (κ1) is 15.4. The predicted molar refractivity (Wildman–Crippen MR) is 85.9 cm³/mol. The molecule has 1 aromatic carbocycles. The van der Waals surface area contributed by atoms with E-state index in [1.165, 1.54) is 16.4 Å². The Morgan fingerprint density at radius 3 is 2.65 bits per heavy atom. The van der Waals surface area contributed by atoms with E-state index >= 15 is 0 Å². The molecule has 1 aliphatic heterocycles. The van der Waals surface area contributed by atoms with E-state index in [1.807, 2.05) is 0 Å². The molecule has 1 aliphatic rings. The zero-order chi connectivity index (χ0) is 16.4. The van der Waals surface area contributed by atoms with E-state index in [-0.39, 0.29) is 11.4 Å². The van der Waals surface area contributed by atoms with Gasteiger partial charge in [-0.2, -0.15) is 0 Å². The molecule has 23 heavy (non-hydrogen) atoms. The number of hydrogen-bond acceptors (Lipinski definition) is 5. The Hall–Kier alpha value is -2.48. The average Bonchev–Trinajstić information content (AvgIpc) is 2.98. The summed E-state index contributed by atoms with van der Waals surface area (Å²) in [5.74, 6) is -0.0351. The van der Waals surface area contributed by atoms with E-state index in [0.717, 1.165) is 11.1 Å². The third-order valence-electron chi connectivity index (χ3n) is 3.86. The zero-order valence-corrected chi connectivity index (χ0v) is 13.1. The SMILES string of the molecule is O=[N+]([O-])c1ccc(CCS(=O)(=O)N2CCc3cnccc32)cc1. The largest absolute Gasteiger partial charge is 0.270 e. The van der Waals surface area contributed by atoms with Crippen molar-refractivity contribution >= 4 is 21.4 Å². The maximum Gasteiger partial charge on any atom is 0.269 e. The summed E-state index contributed by atoms with van der Waals surface area (Å²) in [4.78, 5) is 14.2. The van der Waals surface area contributed by atoms with Crippen LogP contribution in [0.2, 0.25) is 0 Å². The Morgan fingerprint density at radius 2 is 1.96 bits per heavy atom. The van der Waals surface area contributed by atoms with E-state index in [2.05, 4.69) is 4.98 Å². The topological polar surface area (TPSA) is 93.4 Å². The van der Waals surface area contributed by atoms with Crippen LogP contribution in [0.3, 0.4) is 0 Å². The van der Waals surface area contributed by atoms with Crippen LogP contribution in [-0.4, -0.2) is 30.6 Å². The van der Waals surface area contributed by atoms with Gasteiger partial charge in [0.25, 0.3) is 5.69 Å². The molecule has 0 unspecified atom stereocenters. The minimum Gasteiger partial charge on any atom is -0.270 e. The molecular weight excluding hydrogens is 318 g/mol. The van der Waals surface area contributed by atoms with Gasteiger partial charge in [-0.25, -0.2) is 8.42 Å². The van der Waals surface area contributed by atoms with Gasteiger partial charge in [0.05, 0.1) is 16.4 Å². The van der Waals surface area contributed by atoms with Gasteiger partial charge in [0.2, 0.25) is 10.0 Å². The number of benzene rings is 1. The maximum absolute atomic E-state index is 12.5. The first-order valence-electron chi connectivity index (χ1n) is 7.14. The summed E-state index contributed by atoms with van der Waals surface area (Å²) in [5.41, 5.74) is 2.39. The molecule has 120 valence electrons. The number of rotatable bonds is 5. The number of hydrogen-bond donors (Lipinski definition) is 0. The highest BCUT2D eigenvalue weighted by Gasteiger charge is 2.29. The highest BCUT2D eigenvalue weighted by Crippen LogP contribution is 2.29. The Morgan fingerprint density at radius 1 is 1.22 bits per heavy atom. The van der Waals surface area contributed by atoms with Crippen LogP contribution in [0.15, 0.2) is 42.7 Å². The fourth-order valence-corrected chi connectivity index (χ4v) is 4.19. The maximum atomic E-state index is 12.5. The molecule has 0 amide bonds. The average molecular weight is 333 g/mol. The summed E-state index contributed by atoms with van der Waals surface area (Å²) in [6.45, 7) is 0.434. The Bertz CT molecular complexity index is 834. The second-order valence-electron chi connectivity index (χ2n) is 5.32. The number of sulfonamides is 1. The summed E-state index contributed by atoms with van der Waals surface area (Å²) in [6, 6.07) is 7.67. The van der Waals surface area contributed by atoms with Gasteiger partial charge < -0.3 is 0 Å². The minimum absolute atomic E-state index is 0.00224. The molecule has 2 aromatic rings. The highest BCUT2D eigenvalue weighted by atomic mass is 32.2. The second-order valence-corrected chi connectivity index (χ2v) is 7.33. The van der Waals surface area contributed by atoms with Crippen molar-refractivity contribution in [1.29, 1.82) is 0 Å². The van der Waals surface area contributed by atoms with E-state index < -0.39 is 14.9 Å². The zero-order valence-electron chi connectivity index (χ0n) is 12.3. The van der Waals surface area contributed by atoms with Crippen molar-refractivity contribution in [3.63, 3.8) is 0 Å². The van der Waals surface area contributed by atoms with Gasteiger partial charge in [-0.1, -0.05) is 12.1 Å². The summed E-state index contributed by atoms with van der Waals surface area (Å²) in [6.07, 6.45) is 4.27. The molecule has 7 nitrogen and oxygen atoms in total. The fourth-order valence-electron chi connectivity index (χ4n) is 2.63. The van der Waals surface area contributed by atoms with Gasteiger partial charge in [0, 0.05) is 31.1 Å². The van der Waals surface area contributed by atoms with Gasteiger partial charge >= 0.3 is 0 Å². The quantitative estimate of drug-likeness (QED) is 0.615. The number of aromatic nitrogens is 1. The molecule has 0 fully saturated rings. The lowest BCUT2D eigenvalue weighted by molar-refractivity contribution is -0.384. The number of aryl methyl sites for hydroxylation is 1. The van der Waals surface area contributed by atoms with E-state index in [9.17, 15) is 18.5 Å². The number of anilines is 1. The normalized spacial score (nSPS) is 13.8. The van der Waals surface area contributed by atoms with Crippen molar-refractivity contribution in [3.05, 3.63) is 64.0 Å².